The Morgan fingerprint density at radius 2 is 1.84 bits per heavy atom. The number of hydrogen-bond acceptors (Lipinski definition) is 4. The molecule has 10 heteroatoms. The molecule has 0 radical (unpaired) electrons. The molecule has 7 nitrogen and oxygen atoms in total. The van der Waals surface area contributed by atoms with Gasteiger partial charge in [-0.15, -0.1) is 0 Å². The molecule has 1 spiro atoms. The summed E-state index contributed by atoms with van der Waals surface area (Å²) in [6.07, 6.45) is -0.0433. The van der Waals surface area contributed by atoms with Gasteiger partial charge in [0, 0.05) is 43.8 Å². The highest BCUT2D eigenvalue weighted by atomic mass is 19.4. The van der Waals surface area contributed by atoms with Gasteiger partial charge in [0.1, 0.15) is 11.3 Å². The fourth-order valence-corrected chi connectivity index (χ4v) is 5.07. The smallest absolute Gasteiger partial charge is 0.338 e. The van der Waals surface area contributed by atoms with E-state index in [4.69, 9.17) is 0 Å². The lowest BCUT2D eigenvalue weighted by molar-refractivity contribution is -0.144. The molecule has 31 heavy (non-hydrogen) atoms. The van der Waals surface area contributed by atoms with E-state index in [0.717, 1.165) is 5.69 Å². The zero-order valence-electron chi connectivity index (χ0n) is 17.4. The van der Waals surface area contributed by atoms with Crippen LogP contribution in [0.5, 0.6) is 0 Å². The quantitative estimate of drug-likeness (QED) is 0.593. The van der Waals surface area contributed by atoms with Gasteiger partial charge in [0.05, 0.1) is 11.7 Å². The highest BCUT2D eigenvalue weighted by Gasteiger charge is 2.47. The molecule has 0 atom stereocenters. The Hall–Kier alpha value is -2.88. The molecule has 2 aliphatic heterocycles. The van der Waals surface area contributed by atoms with Crippen LogP contribution in [0.25, 0.3) is 5.65 Å². The van der Waals surface area contributed by atoms with Crippen LogP contribution in [-0.2, 0) is 18.3 Å². The Morgan fingerprint density at radius 1 is 1.10 bits per heavy atom. The van der Waals surface area contributed by atoms with E-state index < -0.39 is 17.4 Å². The van der Waals surface area contributed by atoms with Crippen molar-refractivity contribution in [3.63, 3.8) is 0 Å². The van der Waals surface area contributed by atoms with Gasteiger partial charge in [-0.25, -0.2) is 9.50 Å². The number of likely N-dealkylation sites (tertiary alicyclic amines) is 1. The average Bonchev–Trinajstić information content (AvgIpc) is 3.36. The first-order valence-corrected chi connectivity index (χ1v) is 10.3. The lowest BCUT2D eigenvalue weighted by Crippen LogP contribution is -2.56. The number of likely N-dealkylation sites (N-methyl/N-ethyl adjacent to an activating group) is 1. The van der Waals surface area contributed by atoms with Gasteiger partial charge in [-0.1, -0.05) is 0 Å². The first kappa shape index (κ1) is 20.0. The van der Waals surface area contributed by atoms with Crippen molar-refractivity contribution < 1.29 is 18.0 Å². The maximum Gasteiger partial charge on any atom is 0.431 e. The molecule has 164 valence electrons. The van der Waals surface area contributed by atoms with Crippen LogP contribution in [0.2, 0.25) is 0 Å². The predicted octanol–water partition coefficient (Wildman–Crippen LogP) is 2.93. The van der Waals surface area contributed by atoms with E-state index in [0.29, 0.717) is 55.9 Å². The molecule has 0 unspecified atom stereocenters. The van der Waals surface area contributed by atoms with Crippen molar-refractivity contribution in [2.24, 2.45) is 0 Å². The summed E-state index contributed by atoms with van der Waals surface area (Å²) in [4.78, 5) is 21.4. The van der Waals surface area contributed by atoms with Gasteiger partial charge in [0.2, 0.25) is 0 Å². The van der Waals surface area contributed by atoms with Crippen LogP contribution in [0.4, 0.5) is 13.2 Å². The fourth-order valence-electron chi connectivity index (χ4n) is 5.07. The van der Waals surface area contributed by atoms with E-state index in [-0.39, 0.29) is 5.91 Å². The molecular weight excluding hydrogens is 409 g/mol. The summed E-state index contributed by atoms with van der Waals surface area (Å²) in [5.74, 6) is -0.146. The molecule has 3 aromatic rings. The number of halogens is 3. The van der Waals surface area contributed by atoms with Crippen LogP contribution >= 0.6 is 0 Å². The van der Waals surface area contributed by atoms with Gasteiger partial charge in [0.15, 0.2) is 5.65 Å². The molecule has 0 aromatic carbocycles. The number of hydrogen-bond donors (Lipinski definition) is 0. The van der Waals surface area contributed by atoms with Crippen molar-refractivity contribution in [1.82, 2.24) is 29.0 Å². The molecule has 1 fully saturated rings. The molecule has 3 aromatic heterocycles. The number of amides is 1. The lowest BCUT2D eigenvalue weighted by Gasteiger charge is -2.50. The van der Waals surface area contributed by atoms with Crippen molar-refractivity contribution in [2.45, 2.75) is 38.0 Å². The van der Waals surface area contributed by atoms with E-state index in [9.17, 15) is 18.0 Å². The third-order valence-corrected chi connectivity index (χ3v) is 6.84. The molecule has 1 saturated heterocycles. The molecule has 5 rings (SSSR count). The molecule has 2 aliphatic rings. The number of carbonyl (C=O) groups is 1. The van der Waals surface area contributed by atoms with Gasteiger partial charge >= 0.3 is 6.18 Å². The first-order valence-electron chi connectivity index (χ1n) is 10.3. The second-order valence-electron chi connectivity index (χ2n) is 8.38. The fraction of sp³-hybridized carbons (Fsp3) is 0.476. The standard InChI is InChI=1S/C21H23F3N6O/c1-14-5-8-25-18-15(13-26-30(14)18)19(31)28-9-6-20(7-10-28)16-3-4-17(21(22,23)24)29(16)12-11-27(20)2/h3-5,8,13H,6-7,9-12H2,1-2H3. The van der Waals surface area contributed by atoms with Crippen LogP contribution in [0.3, 0.4) is 0 Å². The van der Waals surface area contributed by atoms with Crippen molar-refractivity contribution in [1.29, 1.82) is 0 Å². The number of fused-ring (bicyclic) bond motifs is 3. The largest absolute Gasteiger partial charge is 0.431 e. The van der Waals surface area contributed by atoms with E-state index in [1.807, 2.05) is 20.0 Å². The minimum atomic E-state index is -4.37. The van der Waals surface area contributed by atoms with Crippen LogP contribution in [0.1, 0.15) is 40.3 Å². The van der Waals surface area contributed by atoms with Gasteiger partial charge in [0.25, 0.3) is 5.91 Å². The number of alkyl halides is 3. The highest BCUT2D eigenvalue weighted by Crippen LogP contribution is 2.44. The molecule has 1 amide bonds. The van der Waals surface area contributed by atoms with Gasteiger partial charge < -0.3 is 9.47 Å². The first-order chi connectivity index (χ1) is 14.7. The third kappa shape index (κ3) is 2.95. The maximum absolute atomic E-state index is 13.4. The third-order valence-electron chi connectivity index (χ3n) is 6.84. The van der Waals surface area contributed by atoms with Crippen LogP contribution in [0.15, 0.2) is 30.6 Å². The van der Waals surface area contributed by atoms with Crippen molar-refractivity contribution in [3.05, 3.63) is 53.2 Å². The van der Waals surface area contributed by atoms with E-state index in [1.54, 1.807) is 21.7 Å². The summed E-state index contributed by atoms with van der Waals surface area (Å²) in [7, 11) is 1.96. The van der Waals surface area contributed by atoms with E-state index in [2.05, 4.69) is 15.0 Å². The summed E-state index contributed by atoms with van der Waals surface area (Å²) >= 11 is 0. The average molecular weight is 432 g/mol. The summed E-state index contributed by atoms with van der Waals surface area (Å²) in [6, 6.07) is 4.61. The second-order valence-corrected chi connectivity index (χ2v) is 8.38. The number of aryl methyl sites for hydroxylation is 1. The van der Waals surface area contributed by atoms with Gasteiger partial charge in [-0.2, -0.15) is 18.3 Å². The summed E-state index contributed by atoms with van der Waals surface area (Å²) in [6.45, 7) is 3.66. The number of carbonyl (C=O) groups excluding carboxylic acids is 1. The van der Waals surface area contributed by atoms with Crippen molar-refractivity contribution in [3.8, 4) is 0 Å². The molecule has 5 heterocycles. The number of rotatable bonds is 1. The predicted molar refractivity (Wildman–Crippen MR) is 107 cm³/mol. The van der Waals surface area contributed by atoms with Gasteiger partial charge in [-0.3, -0.25) is 9.69 Å². The van der Waals surface area contributed by atoms with E-state index in [1.165, 1.54) is 16.8 Å². The zero-order chi connectivity index (χ0) is 22.0. The SMILES string of the molecule is Cc1ccnc2c(C(=O)N3CCC4(CC3)c3ccc(C(F)(F)F)n3CCN4C)cnn12. The monoisotopic (exact) mass is 432 g/mol. The molecule has 0 bridgehead atoms. The van der Waals surface area contributed by atoms with Crippen LogP contribution < -0.4 is 0 Å². The molecule has 0 saturated carbocycles. The molecular formula is C21H23F3N6O. The zero-order valence-corrected chi connectivity index (χ0v) is 17.4. The van der Waals surface area contributed by atoms with Crippen LogP contribution in [0, 0.1) is 6.92 Å². The molecule has 0 N–H and O–H groups in total. The van der Waals surface area contributed by atoms with Crippen LogP contribution in [-0.4, -0.2) is 61.6 Å². The Kier molecular flexibility index (Phi) is 4.40. The Labute approximate surface area is 177 Å². The lowest BCUT2D eigenvalue weighted by atomic mass is 9.81. The minimum absolute atomic E-state index is 0.146. The summed E-state index contributed by atoms with van der Waals surface area (Å²) in [5.41, 5.74) is 1.43. The minimum Gasteiger partial charge on any atom is -0.338 e. The highest BCUT2D eigenvalue weighted by molar-refractivity contribution is 5.99. The van der Waals surface area contributed by atoms with Gasteiger partial charge in [-0.05, 0) is 45.0 Å². The Bertz CT molecular complexity index is 1160. The number of aromatic nitrogens is 4. The summed E-state index contributed by atoms with van der Waals surface area (Å²) < 4.78 is 43.4. The van der Waals surface area contributed by atoms with Crippen molar-refractivity contribution in [2.75, 3.05) is 26.7 Å². The molecule has 0 aliphatic carbocycles. The number of nitrogens with zero attached hydrogens (tertiary/aromatic N) is 6. The van der Waals surface area contributed by atoms with E-state index >= 15 is 0 Å². The summed E-state index contributed by atoms with van der Waals surface area (Å²) in [5, 5.41) is 4.27. The topological polar surface area (TPSA) is 58.7 Å². The Morgan fingerprint density at radius 3 is 2.55 bits per heavy atom. The normalized spacial score (nSPS) is 19.2. The van der Waals surface area contributed by atoms with Crippen molar-refractivity contribution >= 4 is 11.6 Å². The maximum atomic E-state index is 13.4. The second kappa shape index (κ2) is 6.81. The number of piperidine rings is 1. The Balaban J connectivity index is 1.42.